The molecule has 0 aliphatic rings. The monoisotopic (exact) mass is 355 g/mol. The Bertz CT molecular complexity index is 727. The minimum atomic E-state index is -0.363. The number of nitrogens with one attached hydrogen (secondary N) is 3. The molecule has 0 heterocycles. The number of anilines is 2. The van der Waals surface area contributed by atoms with Crippen LogP contribution in [0.5, 0.6) is 5.75 Å². The summed E-state index contributed by atoms with van der Waals surface area (Å²) in [6, 6.07) is 14.7. The van der Waals surface area contributed by atoms with Gasteiger partial charge in [-0.3, -0.25) is 9.59 Å². The number of methoxy groups -OCH3 is 1. The molecule has 0 saturated heterocycles. The van der Waals surface area contributed by atoms with Gasteiger partial charge < -0.3 is 20.7 Å². The summed E-state index contributed by atoms with van der Waals surface area (Å²) >= 11 is 0. The highest BCUT2D eigenvalue weighted by atomic mass is 16.5. The normalized spacial score (nSPS) is 11.3. The van der Waals surface area contributed by atoms with E-state index >= 15 is 0 Å². The van der Waals surface area contributed by atoms with Gasteiger partial charge in [0.1, 0.15) is 11.8 Å². The first kappa shape index (κ1) is 19.3. The lowest BCUT2D eigenvalue weighted by molar-refractivity contribution is -0.121. The number of benzene rings is 2. The highest BCUT2D eigenvalue weighted by Gasteiger charge is 2.12. The second-order valence-corrected chi connectivity index (χ2v) is 6.01. The van der Waals surface area contributed by atoms with Crippen LogP contribution in [0, 0.1) is 0 Å². The molecule has 0 radical (unpaired) electrons. The average Bonchev–Trinajstić information content (AvgIpc) is 2.63. The number of hydrogen-bond acceptors (Lipinski definition) is 4. The summed E-state index contributed by atoms with van der Waals surface area (Å²) in [6.07, 6.45) is 0.758. The fourth-order valence-corrected chi connectivity index (χ4v) is 2.44. The highest BCUT2D eigenvalue weighted by molar-refractivity contribution is 5.89. The van der Waals surface area contributed by atoms with E-state index in [1.807, 2.05) is 43.3 Å². The number of amides is 2. The average molecular weight is 355 g/mol. The third kappa shape index (κ3) is 6.12. The van der Waals surface area contributed by atoms with Gasteiger partial charge in [0, 0.05) is 24.8 Å². The second-order valence-electron chi connectivity index (χ2n) is 6.01. The maximum Gasteiger partial charge on any atom is 0.242 e. The molecule has 1 unspecified atom stereocenters. The fraction of sp³-hybridized carbons (Fsp3) is 0.300. The SMILES string of the molecule is COc1ccc(CCNC(=O)C(C)Nc2ccc(NC(C)=O)cc2)cc1. The first-order chi connectivity index (χ1) is 12.5. The van der Waals surface area contributed by atoms with E-state index in [0.717, 1.165) is 29.1 Å². The minimum absolute atomic E-state index is 0.0653. The Morgan fingerprint density at radius 2 is 1.62 bits per heavy atom. The van der Waals surface area contributed by atoms with Crippen molar-refractivity contribution in [2.75, 3.05) is 24.3 Å². The molecular weight excluding hydrogens is 330 g/mol. The number of carbonyl (C=O) groups is 2. The fourth-order valence-electron chi connectivity index (χ4n) is 2.44. The smallest absolute Gasteiger partial charge is 0.242 e. The molecule has 0 bridgehead atoms. The Morgan fingerprint density at radius 1 is 1.00 bits per heavy atom. The van der Waals surface area contributed by atoms with Crippen molar-refractivity contribution in [3.63, 3.8) is 0 Å². The van der Waals surface area contributed by atoms with Crippen LogP contribution in [0.25, 0.3) is 0 Å². The molecule has 26 heavy (non-hydrogen) atoms. The molecule has 0 aliphatic heterocycles. The van der Waals surface area contributed by atoms with Gasteiger partial charge in [-0.05, 0) is 55.3 Å². The van der Waals surface area contributed by atoms with Crippen LogP contribution in [0.4, 0.5) is 11.4 Å². The van der Waals surface area contributed by atoms with Crippen molar-refractivity contribution in [3.8, 4) is 5.75 Å². The van der Waals surface area contributed by atoms with E-state index in [-0.39, 0.29) is 17.9 Å². The minimum Gasteiger partial charge on any atom is -0.497 e. The zero-order valence-electron chi connectivity index (χ0n) is 15.3. The van der Waals surface area contributed by atoms with Gasteiger partial charge >= 0.3 is 0 Å². The number of hydrogen-bond donors (Lipinski definition) is 3. The van der Waals surface area contributed by atoms with Crippen LogP contribution in [0.3, 0.4) is 0 Å². The summed E-state index contributed by atoms with van der Waals surface area (Å²) in [4.78, 5) is 23.2. The molecule has 2 aromatic carbocycles. The molecule has 2 amide bonds. The summed E-state index contributed by atoms with van der Waals surface area (Å²) < 4.78 is 5.13. The van der Waals surface area contributed by atoms with Gasteiger partial charge in [0.25, 0.3) is 0 Å². The summed E-state index contributed by atoms with van der Waals surface area (Å²) in [6.45, 7) is 3.84. The maximum absolute atomic E-state index is 12.2. The first-order valence-electron chi connectivity index (χ1n) is 8.53. The van der Waals surface area contributed by atoms with Gasteiger partial charge in [-0.2, -0.15) is 0 Å². The van der Waals surface area contributed by atoms with E-state index in [4.69, 9.17) is 4.74 Å². The largest absolute Gasteiger partial charge is 0.497 e. The number of ether oxygens (including phenoxy) is 1. The predicted octanol–water partition coefficient (Wildman–Crippen LogP) is 2.81. The highest BCUT2D eigenvalue weighted by Crippen LogP contribution is 2.14. The van der Waals surface area contributed by atoms with Crippen LogP contribution in [0.15, 0.2) is 48.5 Å². The Balaban J connectivity index is 1.76. The molecule has 0 spiro atoms. The van der Waals surface area contributed by atoms with Crippen molar-refractivity contribution in [2.45, 2.75) is 26.3 Å². The molecule has 6 heteroatoms. The quantitative estimate of drug-likeness (QED) is 0.680. The Hall–Kier alpha value is -3.02. The van der Waals surface area contributed by atoms with Crippen LogP contribution in [0.1, 0.15) is 19.4 Å². The topological polar surface area (TPSA) is 79.5 Å². The molecule has 0 fully saturated rings. The standard InChI is InChI=1S/C20H25N3O3/c1-14(22-17-6-8-18(9-7-17)23-15(2)24)20(25)21-13-12-16-4-10-19(26-3)11-5-16/h4-11,14,22H,12-13H2,1-3H3,(H,21,25)(H,23,24). The van der Waals surface area contributed by atoms with Crippen LogP contribution >= 0.6 is 0 Å². The molecular formula is C20H25N3O3. The Labute approximate surface area is 153 Å². The number of carbonyl (C=O) groups excluding carboxylic acids is 2. The summed E-state index contributed by atoms with van der Waals surface area (Å²) in [5, 5.41) is 8.78. The second kappa shape index (κ2) is 9.46. The van der Waals surface area contributed by atoms with Gasteiger partial charge in [0.05, 0.1) is 7.11 Å². The van der Waals surface area contributed by atoms with Gasteiger partial charge in [-0.15, -0.1) is 0 Å². The molecule has 138 valence electrons. The van der Waals surface area contributed by atoms with Crippen LogP contribution in [-0.4, -0.2) is 31.5 Å². The van der Waals surface area contributed by atoms with Crippen LogP contribution in [0.2, 0.25) is 0 Å². The molecule has 3 N–H and O–H groups in total. The lowest BCUT2D eigenvalue weighted by Crippen LogP contribution is -2.38. The summed E-state index contributed by atoms with van der Waals surface area (Å²) in [5.74, 6) is 0.639. The van der Waals surface area contributed by atoms with Crippen molar-refractivity contribution >= 4 is 23.2 Å². The van der Waals surface area contributed by atoms with E-state index in [1.54, 1.807) is 19.2 Å². The molecule has 0 saturated carbocycles. The van der Waals surface area contributed by atoms with Crippen molar-refractivity contribution in [1.82, 2.24) is 5.32 Å². The molecule has 0 aliphatic carbocycles. The maximum atomic E-state index is 12.2. The van der Waals surface area contributed by atoms with E-state index in [1.165, 1.54) is 6.92 Å². The zero-order valence-corrected chi connectivity index (χ0v) is 15.3. The molecule has 2 aromatic rings. The van der Waals surface area contributed by atoms with Crippen molar-refractivity contribution in [1.29, 1.82) is 0 Å². The first-order valence-corrected chi connectivity index (χ1v) is 8.53. The molecule has 2 rings (SSSR count). The van der Waals surface area contributed by atoms with Crippen LogP contribution < -0.4 is 20.7 Å². The van der Waals surface area contributed by atoms with Gasteiger partial charge in [0.2, 0.25) is 11.8 Å². The zero-order chi connectivity index (χ0) is 18.9. The molecule has 0 aromatic heterocycles. The Morgan fingerprint density at radius 3 is 2.19 bits per heavy atom. The lowest BCUT2D eigenvalue weighted by atomic mass is 10.1. The van der Waals surface area contributed by atoms with E-state index in [9.17, 15) is 9.59 Å². The number of rotatable bonds is 8. The molecule has 1 atom stereocenters. The third-order valence-corrected chi connectivity index (χ3v) is 3.85. The Kier molecular flexibility index (Phi) is 7.02. The van der Waals surface area contributed by atoms with E-state index < -0.39 is 0 Å². The van der Waals surface area contributed by atoms with E-state index in [2.05, 4.69) is 16.0 Å². The van der Waals surface area contributed by atoms with Crippen molar-refractivity contribution in [2.24, 2.45) is 0 Å². The van der Waals surface area contributed by atoms with Crippen molar-refractivity contribution < 1.29 is 14.3 Å². The lowest BCUT2D eigenvalue weighted by Gasteiger charge is -2.15. The summed E-state index contributed by atoms with van der Waals surface area (Å²) in [5.41, 5.74) is 2.68. The summed E-state index contributed by atoms with van der Waals surface area (Å²) in [7, 11) is 1.64. The molecule has 6 nitrogen and oxygen atoms in total. The van der Waals surface area contributed by atoms with Gasteiger partial charge in [-0.1, -0.05) is 12.1 Å². The van der Waals surface area contributed by atoms with Gasteiger partial charge in [-0.25, -0.2) is 0 Å². The van der Waals surface area contributed by atoms with Gasteiger partial charge in [0.15, 0.2) is 0 Å². The van der Waals surface area contributed by atoms with E-state index in [0.29, 0.717) is 6.54 Å². The van der Waals surface area contributed by atoms with Crippen molar-refractivity contribution in [3.05, 3.63) is 54.1 Å². The van der Waals surface area contributed by atoms with Crippen LogP contribution in [-0.2, 0) is 16.0 Å². The third-order valence-electron chi connectivity index (χ3n) is 3.85. The predicted molar refractivity (Wildman–Crippen MR) is 104 cm³/mol.